The number of aliphatic hydroxyl groups is 1. The van der Waals surface area contributed by atoms with Crippen LogP contribution < -0.4 is 15.8 Å². The Labute approximate surface area is 117 Å². The Morgan fingerprint density at radius 1 is 1.42 bits per heavy atom. The molecule has 7 nitrogen and oxygen atoms in total. The summed E-state index contributed by atoms with van der Waals surface area (Å²) in [5.74, 6) is 0.984. The molecule has 0 bridgehead atoms. The van der Waals surface area contributed by atoms with Crippen molar-refractivity contribution in [3.63, 3.8) is 0 Å². The molecule has 1 aromatic heterocycles. The summed E-state index contributed by atoms with van der Waals surface area (Å²) in [6.07, 6.45) is 1.89. The minimum absolute atomic E-state index is 0.0470. The molecule has 108 valence electrons. The van der Waals surface area contributed by atoms with Gasteiger partial charge in [-0.1, -0.05) is 0 Å². The number of hydrogen-bond donors (Lipinski definition) is 3. The molecule has 0 aliphatic carbocycles. The van der Waals surface area contributed by atoms with Gasteiger partial charge in [0.1, 0.15) is 0 Å². The number of anilines is 2. The molecule has 0 spiro atoms. The molecule has 0 saturated carbocycles. The quantitative estimate of drug-likeness (QED) is 0.675. The van der Waals surface area contributed by atoms with Gasteiger partial charge in [0.05, 0.1) is 11.7 Å². The SMILES string of the molecule is CSCC(C)(O)CNc1nc(N)nc(OC(C)C)n1. The molecule has 0 radical (unpaired) electrons. The van der Waals surface area contributed by atoms with Crippen molar-refractivity contribution in [1.82, 2.24) is 15.0 Å². The van der Waals surface area contributed by atoms with E-state index in [0.717, 1.165) is 0 Å². The van der Waals surface area contributed by atoms with E-state index in [9.17, 15) is 5.11 Å². The van der Waals surface area contributed by atoms with Crippen LogP contribution in [0.2, 0.25) is 0 Å². The summed E-state index contributed by atoms with van der Waals surface area (Å²) in [5.41, 5.74) is 4.74. The maximum absolute atomic E-state index is 10.0. The van der Waals surface area contributed by atoms with E-state index < -0.39 is 5.60 Å². The minimum atomic E-state index is -0.847. The van der Waals surface area contributed by atoms with E-state index in [4.69, 9.17) is 10.5 Å². The molecule has 19 heavy (non-hydrogen) atoms. The number of nitrogens with one attached hydrogen (secondary N) is 1. The standard InChI is InChI=1S/C11H21N5O2S/c1-7(2)18-10-15-8(12)14-9(16-10)13-5-11(3,17)6-19-4/h7,17H,5-6H2,1-4H3,(H3,12,13,14,15,16). The van der Waals surface area contributed by atoms with E-state index in [2.05, 4.69) is 20.3 Å². The van der Waals surface area contributed by atoms with Gasteiger partial charge in [-0.25, -0.2) is 0 Å². The van der Waals surface area contributed by atoms with Crippen molar-refractivity contribution in [1.29, 1.82) is 0 Å². The monoisotopic (exact) mass is 287 g/mol. The third kappa shape index (κ3) is 5.93. The van der Waals surface area contributed by atoms with Crippen molar-refractivity contribution in [2.24, 2.45) is 0 Å². The highest BCUT2D eigenvalue weighted by molar-refractivity contribution is 7.98. The Bertz CT molecular complexity index is 414. The fraction of sp³-hybridized carbons (Fsp3) is 0.727. The third-order valence-electron chi connectivity index (χ3n) is 2.06. The fourth-order valence-corrected chi connectivity index (χ4v) is 2.07. The summed E-state index contributed by atoms with van der Waals surface area (Å²) in [6.45, 7) is 5.80. The first-order valence-corrected chi connectivity index (χ1v) is 7.35. The molecule has 1 unspecified atom stereocenters. The highest BCUT2D eigenvalue weighted by Crippen LogP contribution is 2.14. The van der Waals surface area contributed by atoms with Crippen LogP contribution in [0.1, 0.15) is 20.8 Å². The smallest absolute Gasteiger partial charge is 0.323 e. The molecular formula is C11H21N5O2S. The van der Waals surface area contributed by atoms with Crippen LogP contribution in [0.15, 0.2) is 0 Å². The predicted molar refractivity (Wildman–Crippen MR) is 77.5 cm³/mol. The zero-order valence-corrected chi connectivity index (χ0v) is 12.5. The molecule has 0 aliphatic rings. The molecule has 0 aliphatic heterocycles. The molecule has 1 rings (SSSR count). The molecule has 1 heterocycles. The molecule has 0 amide bonds. The van der Waals surface area contributed by atoms with Crippen molar-refractivity contribution in [3.05, 3.63) is 0 Å². The van der Waals surface area contributed by atoms with E-state index in [1.807, 2.05) is 20.1 Å². The number of hydrogen-bond acceptors (Lipinski definition) is 8. The fourth-order valence-electron chi connectivity index (χ4n) is 1.35. The van der Waals surface area contributed by atoms with Crippen LogP contribution in [-0.2, 0) is 0 Å². The molecule has 0 aromatic carbocycles. The maximum atomic E-state index is 10.0. The number of nitrogens with zero attached hydrogens (tertiary/aromatic N) is 3. The second kappa shape index (κ2) is 6.76. The Morgan fingerprint density at radius 3 is 2.68 bits per heavy atom. The van der Waals surface area contributed by atoms with Gasteiger partial charge in [-0.2, -0.15) is 26.7 Å². The molecule has 0 saturated heterocycles. The van der Waals surface area contributed by atoms with E-state index in [0.29, 0.717) is 18.2 Å². The van der Waals surface area contributed by atoms with Gasteiger partial charge >= 0.3 is 6.01 Å². The molecule has 4 N–H and O–H groups in total. The lowest BCUT2D eigenvalue weighted by Crippen LogP contribution is -2.36. The predicted octanol–water partition coefficient (Wildman–Crippen LogP) is 0.767. The summed E-state index contributed by atoms with van der Waals surface area (Å²) >= 11 is 1.57. The second-order valence-electron chi connectivity index (χ2n) is 4.75. The maximum Gasteiger partial charge on any atom is 0.323 e. The third-order valence-corrected chi connectivity index (χ3v) is 2.97. The van der Waals surface area contributed by atoms with Crippen LogP contribution in [0.3, 0.4) is 0 Å². The summed E-state index contributed by atoms with van der Waals surface area (Å²) in [6, 6.07) is 0.175. The number of nitrogen functional groups attached to an aromatic ring is 1. The van der Waals surface area contributed by atoms with Gasteiger partial charge in [-0.15, -0.1) is 0 Å². The van der Waals surface area contributed by atoms with Crippen LogP contribution in [0, 0.1) is 0 Å². The van der Waals surface area contributed by atoms with Gasteiger partial charge in [-0.05, 0) is 27.0 Å². The lowest BCUT2D eigenvalue weighted by molar-refractivity contribution is 0.0994. The van der Waals surface area contributed by atoms with E-state index in [1.54, 1.807) is 18.7 Å². The Kier molecular flexibility index (Phi) is 5.61. The highest BCUT2D eigenvalue weighted by atomic mass is 32.2. The first-order chi connectivity index (χ1) is 8.82. The van der Waals surface area contributed by atoms with Crippen molar-refractivity contribution < 1.29 is 9.84 Å². The number of ether oxygens (including phenoxy) is 1. The van der Waals surface area contributed by atoms with E-state index in [1.165, 1.54) is 0 Å². The average Bonchev–Trinajstić information content (AvgIpc) is 2.24. The van der Waals surface area contributed by atoms with Crippen LogP contribution in [-0.4, -0.2) is 50.3 Å². The Balaban J connectivity index is 2.70. The van der Waals surface area contributed by atoms with Gasteiger partial charge in [0, 0.05) is 12.3 Å². The molecular weight excluding hydrogens is 266 g/mol. The van der Waals surface area contributed by atoms with Gasteiger partial charge in [0.2, 0.25) is 11.9 Å². The van der Waals surface area contributed by atoms with E-state index in [-0.39, 0.29) is 18.1 Å². The van der Waals surface area contributed by atoms with Crippen LogP contribution in [0.5, 0.6) is 6.01 Å². The summed E-state index contributed by atoms with van der Waals surface area (Å²) in [5, 5.41) is 13.0. The van der Waals surface area contributed by atoms with E-state index >= 15 is 0 Å². The summed E-state index contributed by atoms with van der Waals surface area (Å²) in [4.78, 5) is 11.9. The van der Waals surface area contributed by atoms with Gasteiger partial charge < -0.3 is 20.9 Å². The number of thioether (sulfide) groups is 1. The van der Waals surface area contributed by atoms with Gasteiger partial charge in [0.25, 0.3) is 0 Å². The largest absolute Gasteiger partial charge is 0.461 e. The zero-order chi connectivity index (χ0) is 14.5. The highest BCUT2D eigenvalue weighted by Gasteiger charge is 2.20. The first-order valence-electron chi connectivity index (χ1n) is 5.96. The second-order valence-corrected chi connectivity index (χ2v) is 5.62. The minimum Gasteiger partial charge on any atom is -0.461 e. The summed E-state index contributed by atoms with van der Waals surface area (Å²) in [7, 11) is 0. The van der Waals surface area contributed by atoms with Crippen molar-refractivity contribution in [2.75, 3.05) is 29.6 Å². The van der Waals surface area contributed by atoms with Crippen molar-refractivity contribution >= 4 is 23.7 Å². The average molecular weight is 287 g/mol. The van der Waals surface area contributed by atoms with Gasteiger partial charge in [0.15, 0.2) is 0 Å². The normalized spacial score (nSPS) is 14.2. The molecule has 8 heteroatoms. The van der Waals surface area contributed by atoms with Crippen molar-refractivity contribution in [3.8, 4) is 6.01 Å². The number of aromatic nitrogens is 3. The number of nitrogens with two attached hydrogens (primary N) is 1. The molecule has 0 fully saturated rings. The lowest BCUT2D eigenvalue weighted by atomic mass is 10.1. The Hall–Kier alpha value is -1.28. The molecule has 1 atom stereocenters. The van der Waals surface area contributed by atoms with Crippen molar-refractivity contribution in [2.45, 2.75) is 32.5 Å². The lowest BCUT2D eigenvalue weighted by Gasteiger charge is -2.22. The van der Waals surface area contributed by atoms with Crippen LogP contribution in [0.4, 0.5) is 11.9 Å². The zero-order valence-electron chi connectivity index (χ0n) is 11.7. The van der Waals surface area contributed by atoms with Crippen LogP contribution >= 0.6 is 11.8 Å². The topological polar surface area (TPSA) is 106 Å². The van der Waals surface area contributed by atoms with Crippen LogP contribution in [0.25, 0.3) is 0 Å². The molecule has 1 aromatic rings. The number of rotatable bonds is 7. The Morgan fingerprint density at radius 2 is 2.11 bits per heavy atom. The summed E-state index contributed by atoms with van der Waals surface area (Å²) < 4.78 is 5.37. The van der Waals surface area contributed by atoms with Gasteiger partial charge in [-0.3, -0.25) is 0 Å². The first kappa shape index (κ1) is 15.8.